The molecule has 1 aromatic rings. The molecule has 2 rings (SSSR count). The van der Waals surface area contributed by atoms with E-state index in [1.54, 1.807) is 17.0 Å². The molecule has 0 aliphatic carbocycles. The van der Waals surface area contributed by atoms with Gasteiger partial charge in [-0.3, -0.25) is 9.59 Å². The van der Waals surface area contributed by atoms with Crippen LogP contribution in [0.2, 0.25) is 0 Å². The van der Waals surface area contributed by atoms with E-state index >= 15 is 0 Å². The summed E-state index contributed by atoms with van der Waals surface area (Å²) in [5.41, 5.74) is 0. The van der Waals surface area contributed by atoms with Crippen molar-refractivity contribution in [2.75, 3.05) is 19.7 Å². The van der Waals surface area contributed by atoms with E-state index in [4.69, 9.17) is 4.74 Å². The minimum Gasteiger partial charge on any atom is -0.493 e. The number of hydrogen-bond acceptors (Lipinski definition) is 3. The number of carbonyl (C=O) groups is 2. The number of hydrogen-bond donors (Lipinski definition) is 0. The molecule has 1 amide bonds. The number of ether oxygens (including phenoxy) is 1. The molecule has 0 unspecified atom stereocenters. The van der Waals surface area contributed by atoms with E-state index in [1.165, 1.54) is 12.1 Å². The van der Waals surface area contributed by atoms with Crippen molar-refractivity contribution in [1.82, 2.24) is 4.90 Å². The number of amides is 1. The molecule has 1 fully saturated rings. The summed E-state index contributed by atoms with van der Waals surface area (Å²) in [4.78, 5) is 24.6. The Morgan fingerprint density at radius 2 is 2.05 bits per heavy atom. The topological polar surface area (TPSA) is 46.6 Å². The zero-order chi connectivity index (χ0) is 13.7. The molecule has 0 spiro atoms. The smallest absolute Gasteiger partial charge is 0.226 e. The second-order valence-corrected chi connectivity index (χ2v) is 4.48. The second-order valence-electron chi connectivity index (χ2n) is 4.48. The third-order valence-corrected chi connectivity index (χ3v) is 3.05. The fraction of sp³-hybridized carbons (Fsp3) is 0.429. The molecule has 0 saturated carbocycles. The lowest BCUT2D eigenvalue weighted by molar-refractivity contribution is -0.134. The minimum atomic E-state index is -0.363. The summed E-state index contributed by atoms with van der Waals surface area (Å²) in [5.74, 6) is 0.240. The van der Waals surface area contributed by atoms with Gasteiger partial charge in [0.1, 0.15) is 17.3 Å². The van der Waals surface area contributed by atoms with Crippen LogP contribution in [-0.4, -0.2) is 36.3 Å². The lowest BCUT2D eigenvalue weighted by Gasteiger charge is -2.26. The Morgan fingerprint density at radius 3 is 2.74 bits per heavy atom. The van der Waals surface area contributed by atoms with Crippen molar-refractivity contribution in [2.24, 2.45) is 0 Å². The first-order valence-electron chi connectivity index (χ1n) is 6.33. The molecule has 19 heavy (non-hydrogen) atoms. The first kappa shape index (κ1) is 13.5. The second kappa shape index (κ2) is 6.31. The van der Waals surface area contributed by atoms with Crippen molar-refractivity contribution in [3.63, 3.8) is 0 Å². The Bertz CT molecular complexity index is 466. The molecular formula is C14H16FNO3. The van der Waals surface area contributed by atoms with E-state index in [0.29, 0.717) is 31.7 Å². The van der Waals surface area contributed by atoms with Crippen LogP contribution >= 0.6 is 0 Å². The van der Waals surface area contributed by atoms with Crippen LogP contribution in [0.3, 0.4) is 0 Å². The summed E-state index contributed by atoms with van der Waals surface area (Å²) in [7, 11) is 0. The van der Waals surface area contributed by atoms with E-state index in [0.717, 1.165) is 0 Å². The maximum atomic E-state index is 12.9. The zero-order valence-corrected chi connectivity index (χ0v) is 10.6. The van der Waals surface area contributed by atoms with Crippen molar-refractivity contribution in [3.05, 3.63) is 30.1 Å². The fourth-order valence-electron chi connectivity index (χ4n) is 1.98. The quantitative estimate of drug-likeness (QED) is 0.833. The van der Waals surface area contributed by atoms with Crippen LogP contribution in [0.5, 0.6) is 5.75 Å². The summed E-state index contributed by atoms with van der Waals surface area (Å²) in [6.45, 7) is 1.21. The Kier molecular flexibility index (Phi) is 4.49. The van der Waals surface area contributed by atoms with Gasteiger partial charge in [0.2, 0.25) is 5.91 Å². The van der Waals surface area contributed by atoms with Gasteiger partial charge < -0.3 is 9.64 Å². The number of rotatable bonds is 4. The van der Waals surface area contributed by atoms with Crippen LogP contribution in [-0.2, 0) is 9.59 Å². The van der Waals surface area contributed by atoms with Gasteiger partial charge in [-0.2, -0.15) is 0 Å². The van der Waals surface area contributed by atoms with Gasteiger partial charge in [0, 0.05) is 32.0 Å². The average molecular weight is 265 g/mol. The number of piperidine rings is 1. The van der Waals surface area contributed by atoms with Crippen LogP contribution in [0.15, 0.2) is 24.3 Å². The number of halogens is 1. The normalized spacial score (nSPS) is 15.4. The molecule has 5 heteroatoms. The predicted molar refractivity (Wildman–Crippen MR) is 67.3 cm³/mol. The number of nitrogens with zero attached hydrogens (tertiary/aromatic N) is 1. The van der Waals surface area contributed by atoms with Gasteiger partial charge in [-0.25, -0.2) is 4.39 Å². The number of ketones is 1. The highest BCUT2D eigenvalue weighted by atomic mass is 19.1. The molecular weight excluding hydrogens is 249 g/mol. The largest absolute Gasteiger partial charge is 0.493 e. The van der Waals surface area contributed by atoms with Crippen molar-refractivity contribution in [2.45, 2.75) is 19.3 Å². The van der Waals surface area contributed by atoms with Crippen LogP contribution in [0.4, 0.5) is 4.39 Å². The molecule has 0 aromatic heterocycles. The number of likely N-dealkylation sites (tertiary alicyclic amines) is 1. The maximum Gasteiger partial charge on any atom is 0.226 e. The molecule has 1 aliphatic rings. The number of benzene rings is 1. The van der Waals surface area contributed by atoms with Gasteiger partial charge in [-0.1, -0.05) is 6.07 Å². The molecule has 0 radical (unpaired) electrons. The molecule has 0 atom stereocenters. The molecule has 1 aromatic carbocycles. The highest BCUT2D eigenvalue weighted by Gasteiger charge is 2.20. The Hall–Kier alpha value is -1.91. The monoisotopic (exact) mass is 265 g/mol. The van der Waals surface area contributed by atoms with Gasteiger partial charge in [0.25, 0.3) is 0 Å². The number of carbonyl (C=O) groups excluding carboxylic acids is 2. The molecule has 1 saturated heterocycles. The fourth-order valence-corrected chi connectivity index (χ4v) is 1.98. The van der Waals surface area contributed by atoms with Crippen molar-refractivity contribution < 1.29 is 18.7 Å². The van der Waals surface area contributed by atoms with Crippen LogP contribution in [0, 0.1) is 5.82 Å². The predicted octanol–water partition coefficient (Wildman–Crippen LogP) is 1.79. The van der Waals surface area contributed by atoms with E-state index < -0.39 is 0 Å². The van der Waals surface area contributed by atoms with E-state index in [9.17, 15) is 14.0 Å². The SMILES string of the molecule is O=C1CCN(C(=O)CCOc2cccc(F)c2)CC1. The van der Waals surface area contributed by atoms with Crippen molar-refractivity contribution >= 4 is 11.7 Å². The minimum absolute atomic E-state index is 0.0242. The lowest BCUT2D eigenvalue weighted by atomic mass is 10.1. The number of Topliss-reactive ketones (excluding diaryl/α,β-unsaturated/α-hetero) is 1. The van der Waals surface area contributed by atoms with Crippen molar-refractivity contribution in [3.8, 4) is 5.75 Å². The average Bonchev–Trinajstić information content (AvgIpc) is 2.39. The van der Waals surface area contributed by atoms with Gasteiger partial charge in [0.05, 0.1) is 13.0 Å². The molecule has 102 valence electrons. The van der Waals surface area contributed by atoms with E-state index in [-0.39, 0.29) is 30.5 Å². The molecule has 1 heterocycles. The van der Waals surface area contributed by atoms with Gasteiger partial charge in [-0.05, 0) is 12.1 Å². The third-order valence-electron chi connectivity index (χ3n) is 3.05. The van der Waals surface area contributed by atoms with E-state index in [1.807, 2.05) is 0 Å². The van der Waals surface area contributed by atoms with Crippen LogP contribution in [0.1, 0.15) is 19.3 Å². The molecule has 4 nitrogen and oxygen atoms in total. The zero-order valence-electron chi connectivity index (χ0n) is 10.6. The third kappa shape index (κ3) is 4.05. The maximum absolute atomic E-state index is 12.9. The van der Waals surface area contributed by atoms with Crippen LogP contribution < -0.4 is 4.74 Å². The first-order chi connectivity index (χ1) is 9.15. The molecule has 1 aliphatic heterocycles. The summed E-state index contributed by atoms with van der Waals surface area (Å²) in [6.07, 6.45) is 1.12. The first-order valence-corrected chi connectivity index (χ1v) is 6.33. The summed E-state index contributed by atoms with van der Waals surface area (Å²) in [5, 5.41) is 0. The van der Waals surface area contributed by atoms with Crippen molar-refractivity contribution in [1.29, 1.82) is 0 Å². The Labute approximate surface area is 111 Å². The van der Waals surface area contributed by atoms with Crippen LogP contribution in [0.25, 0.3) is 0 Å². The summed E-state index contributed by atoms with van der Waals surface area (Å²) in [6, 6.07) is 5.82. The van der Waals surface area contributed by atoms with E-state index in [2.05, 4.69) is 0 Å². The summed E-state index contributed by atoms with van der Waals surface area (Å²) >= 11 is 0. The Morgan fingerprint density at radius 1 is 1.32 bits per heavy atom. The van der Waals surface area contributed by atoms with Gasteiger partial charge in [0.15, 0.2) is 0 Å². The molecule has 0 N–H and O–H groups in total. The highest BCUT2D eigenvalue weighted by Crippen LogP contribution is 2.13. The summed E-state index contributed by atoms with van der Waals surface area (Å²) < 4.78 is 18.2. The Balaban J connectivity index is 1.73. The molecule has 0 bridgehead atoms. The van der Waals surface area contributed by atoms with Gasteiger partial charge >= 0.3 is 0 Å². The standard InChI is InChI=1S/C14H16FNO3/c15-11-2-1-3-13(10-11)19-9-6-14(18)16-7-4-12(17)5-8-16/h1-3,10H,4-9H2. The lowest BCUT2D eigenvalue weighted by Crippen LogP contribution is -2.39. The highest BCUT2D eigenvalue weighted by molar-refractivity contribution is 5.83. The van der Waals surface area contributed by atoms with Gasteiger partial charge in [-0.15, -0.1) is 0 Å².